The molecule has 0 saturated heterocycles. The van der Waals surface area contributed by atoms with Crippen molar-refractivity contribution in [2.24, 2.45) is 15.2 Å². The minimum atomic E-state index is 0.0878. The van der Waals surface area contributed by atoms with Crippen LogP contribution in [0.3, 0.4) is 0 Å². The summed E-state index contributed by atoms with van der Waals surface area (Å²) in [4.78, 5) is 8.21. The van der Waals surface area contributed by atoms with Crippen molar-refractivity contribution in [3.05, 3.63) is 104 Å². The number of aromatic nitrogens is 1. The second kappa shape index (κ2) is 11.1. The van der Waals surface area contributed by atoms with Gasteiger partial charge in [0.25, 0.3) is 0 Å². The first kappa shape index (κ1) is 28.3. The van der Waals surface area contributed by atoms with Gasteiger partial charge in [-0.2, -0.15) is 5.11 Å². The summed E-state index contributed by atoms with van der Waals surface area (Å²) in [6.45, 7) is 3.65. The summed E-state index contributed by atoms with van der Waals surface area (Å²) in [5.41, 5.74) is 5.48. The maximum atomic E-state index is 11.1. The third-order valence-electron chi connectivity index (χ3n) is 7.25. The number of halogens is 4. The van der Waals surface area contributed by atoms with E-state index in [2.05, 4.69) is 32.7 Å². The zero-order chi connectivity index (χ0) is 29.7. The second-order valence-corrected chi connectivity index (χ2v) is 11.3. The Hall–Kier alpha value is -3.81. The van der Waals surface area contributed by atoms with E-state index < -0.39 is 0 Å². The number of aromatic amines is 1. The molecule has 10 heteroatoms. The van der Waals surface area contributed by atoms with Crippen LogP contribution in [0.4, 0.5) is 17.1 Å². The number of nitrogens with one attached hydrogen (secondary N) is 2. The lowest BCUT2D eigenvalue weighted by atomic mass is 10.0. The molecule has 5 aromatic carbocycles. The Morgan fingerprint density at radius 1 is 0.786 bits per heavy atom. The average Bonchev–Trinajstić information content (AvgIpc) is 3.38. The highest BCUT2D eigenvalue weighted by Crippen LogP contribution is 2.44. The molecule has 1 heterocycles. The fraction of sp³-hybridized carbons (Fsp3) is 0.0938. The van der Waals surface area contributed by atoms with E-state index in [1.807, 2.05) is 37.3 Å². The zero-order valence-electron chi connectivity index (χ0n) is 22.7. The van der Waals surface area contributed by atoms with Crippen LogP contribution in [0.25, 0.3) is 32.6 Å². The Labute approximate surface area is 261 Å². The third kappa shape index (κ3) is 4.74. The summed E-state index contributed by atoms with van der Waals surface area (Å²) >= 11 is 25.4. The van der Waals surface area contributed by atoms with Gasteiger partial charge in [0.15, 0.2) is 0 Å². The smallest absolute Gasteiger partial charge is 0.146 e. The summed E-state index contributed by atoms with van der Waals surface area (Å²) in [5.74, 6) is 0.565. The maximum Gasteiger partial charge on any atom is 0.146 e. The summed E-state index contributed by atoms with van der Waals surface area (Å²) in [5, 5.41) is 28.0. The van der Waals surface area contributed by atoms with Gasteiger partial charge in [-0.05, 0) is 66.8 Å². The molecular formula is C32H23Cl4N5O. The normalized spacial score (nSPS) is 12.3. The van der Waals surface area contributed by atoms with Crippen molar-refractivity contribution in [1.82, 2.24) is 10.3 Å². The number of phenolic OH excluding ortho intramolecular Hbond substituents is 1. The largest absolute Gasteiger partial charge is 0.505 e. The molecule has 1 aromatic heterocycles. The van der Waals surface area contributed by atoms with Gasteiger partial charge < -0.3 is 15.4 Å². The van der Waals surface area contributed by atoms with Crippen LogP contribution in [-0.4, -0.2) is 23.0 Å². The zero-order valence-corrected chi connectivity index (χ0v) is 25.7. The molecule has 0 aliphatic heterocycles. The number of aromatic hydroxyl groups is 1. The molecular weight excluding hydrogens is 612 g/mol. The molecule has 0 spiro atoms. The molecule has 0 unspecified atom stereocenters. The first-order chi connectivity index (χ1) is 20.2. The Morgan fingerprint density at radius 2 is 1.48 bits per heavy atom. The summed E-state index contributed by atoms with van der Waals surface area (Å²) in [6.07, 6.45) is 0. The maximum absolute atomic E-state index is 11.1. The Balaban J connectivity index is 1.39. The van der Waals surface area contributed by atoms with Crippen LogP contribution >= 0.6 is 46.4 Å². The molecule has 6 aromatic rings. The number of nitrogens with zero attached hydrogens (tertiary/aromatic N) is 3. The molecule has 6 rings (SSSR count). The van der Waals surface area contributed by atoms with Gasteiger partial charge in [-0.15, -0.1) is 5.11 Å². The standard InChI is InChI=1S/C32H23Cl4N5O/c1-15-14-17-8-13-21-20-6-4-5-7-22(20)39-29(21)24(17)30(31(15)42)41-40-19-11-9-18(10-12-19)38-32(37-3)23-16(2)25(33)27(35)28(36)26(23)34/h4-14,39,42H,1-3H3,(H,37,38)/b41-40-. The Kier molecular flexibility index (Phi) is 7.50. The minimum Gasteiger partial charge on any atom is -0.505 e. The fourth-order valence-electron chi connectivity index (χ4n) is 5.10. The molecule has 0 aliphatic rings. The molecule has 0 fully saturated rings. The van der Waals surface area contributed by atoms with E-state index in [1.165, 1.54) is 0 Å². The van der Waals surface area contributed by atoms with Gasteiger partial charge in [-0.3, -0.25) is 0 Å². The molecule has 0 aliphatic carbocycles. The van der Waals surface area contributed by atoms with Crippen LogP contribution in [-0.2, 0) is 0 Å². The number of para-hydroxylation sites is 1. The number of amidine groups is 1. The summed E-state index contributed by atoms with van der Waals surface area (Å²) in [6, 6.07) is 21.4. The monoisotopic (exact) mass is 633 g/mol. The minimum absolute atomic E-state index is 0.0878. The number of aryl methyl sites for hydroxylation is 1. The van der Waals surface area contributed by atoms with Crippen molar-refractivity contribution in [2.45, 2.75) is 13.8 Å². The lowest BCUT2D eigenvalue weighted by molar-refractivity contribution is 0.473. The quantitative estimate of drug-likeness (QED) is 0.0592. The molecule has 6 nitrogen and oxygen atoms in total. The van der Waals surface area contributed by atoms with E-state index in [-0.39, 0.29) is 20.8 Å². The molecule has 0 amide bonds. The van der Waals surface area contributed by atoms with E-state index in [4.69, 9.17) is 51.4 Å². The summed E-state index contributed by atoms with van der Waals surface area (Å²) < 4.78 is 0. The molecule has 0 atom stereocenters. The number of phenols is 1. The topological polar surface area (TPSA) is 85.1 Å². The van der Waals surface area contributed by atoms with E-state index in [0.717, 1.165) is 32.6 Å². The van der Waals surface area contributed by atoms with E-state index in [1.54, 1.807) is 38.2 Å². The van der Waals surface area contributed by atoms with E-state index in [9.17, 15) is 5.11 Å². The molecule has 0 bridgehead atoms. The van der Waals surface area contributed by atoms with E-state index in [0.29, 0.717) is 44.6 Å². The number of hydrogen-bond acceptors (Lipinski definition) is 4. The number of azo groups is 1. The van der Waals surface area contributed by atoms with Crippen molar-refractivity contribution in [3.63, 3.8) is 0 Å². The highest BCUT2D eigenvalue weighted by molar-refractivity contribution is 6.53. The predicted octanol–water partition coefficient (Wildman–Crippen LogP) is 11.1. The van der Waals surface area contributed by atoms with Gasteiger partial charge in [0.05, 0.1) is 37.0 Å². The highest BCUT2D eigenvalue weighted by Gasteiger charge is 2.21. The van der Waals surface area contributed by atoms with Gasteiger partial charge >= 0.3 is 0 Å². The van der Waals surface area contributed by atoms with Crippen LogP contribution in [0.1, 0.15) is 16.7 Å². The van der Waals surface area contributed by atoms with Gasteiger partial charge in [0, 0.05) is 34.3 Å². The Bertz CT molecular complexity index is 2070. The van der Waals surface area contributed by atoms with Gasteiger partial charge in [-0.1, -0.05) is 76.7 Å². The number of aliphatic imine (C=N–C) groups is 1. The number of fused-ring (bicyclic) bond motifs is 5. The van der Waals surface area contributed by atoms with Crippen LogP contribution in [0, 0.1) is 13.8 Å². The number of H-pyrrole nitrogens is 1. The van der Waals surface area contributed by atoms with Crippen LogP contribution in [0.5, 0.6) is 5.75 Å². The van der Waals surface area contributed by atoms with Gasteiger partial charge in [-0.25, -0.2) is 4.99 Å². The number of hydrogen-bond donors (Lipinski definition) is 3. The van der Waals surface area contributed by atoms with Crippen molar-refractivity contribution in [1.29, 1.82) is 0 Å². The van der Waals surface area contributed by atoms with Gasteiger partial charge in [0.1, 0.15) is 17.3 Å². The molecule has 0 radical (unpaired) electrons. The number of rotatable bonds is 4. The third-order valence-corrected chi connectivity index (χ3v) is 9.15. The van der Waals surface area contributed by atoms with Crippen LogP contribution in [0.15, 0.2) is 82.0 Å². The lowest BCUT2D eigenvalue weighted by Crippen LogP contribution is -2.21. The van der Waals surface area contributed by atoms with Crippen molar-refractivity contribution in [3.8, 4) is 5.75 Å². The van der Waals surface area contributed by atoms with Crippen molar-refractivity contribution in [2.75, 3.05) is 7.05 Å². The van der Waals surface area contributed by atoms with Crippen LogP contribution < -0.4 is 5.32 Å². The SMILES string of the molecule is CN/C(=N\c1ccc(/N=N\c2c(O)c(C)cc3ccc4c5ccccc5[nH]c4c23)cc1)c1c(C)c(Cl)c(Cl)c(Cl)c1Cl. The highest BCUT2D eigenvalue weighted by atomic mass is 35.5. The molecule has 210 valence electrons. The van der Waals surface area contributed by atoms with Crippen molar-refractivity contribution >= 4 is 102 Å². The first-order valence-electron chi connectivity index (χ1n) is 13.0. The fourth-order valence-corrected chi connectivity index (χ4v) is 6.14. The Morgan fingerprint density at radius 3 is 2.21 bits per heavy atom. The molecule has 42 heavy (non-hydrogen) atoms. The lowest BCUT2D eigenvalue weighted by Gasteiger charge is -2.15. The summed E-state index contributed by atoms with van der Waals surface area (Å²) in [7, 11) is 1.73. The van der Waals surface area contributed by atoms with Crippen LogP contribution in [0.2, 0.25) is 20.1 Å². The average molecular weight is 635 g/mol. The number of benzene rings is 5. The second-order valence-electron chi connectivity index (χ2n) is 9.83. The predicted molar refractivity (Wildman–Crippen MR) is 177 cm³/mol. The molecule has 3 N–H and O–H groups in total. The molecule has 0 saturated carbocycles. The van der Waals surface area contributed by atoms with Gasteiger partial charge in [0.2, 0.25) is 0 Å². The first-order valence-corrected chi connectivity index (χ1v) is 14.5. The van der Waals surface area contributed by atoms with E-state index >= 15 is 0 Å². The van der Waals surface area contributed by atoms with Crippen molar-refractivity contribution < 1.29 is 5.11 Å².